The number of amides is 1. The van der Waals surface area contributed by atoms with Crippen LogP contribution in [-0.2, 0) is 12.1 Å². The van der Waals surface area contributed by atoms with Gasteiger partial charge in [0.05, 0.1) is 23.8 Å². The van der Waals surface area contributed by atoms with Gasteiger partial charge in [0, 0.05) is 33.7 Å². The first-order valence-electron chi connectivity index (χ1n) is 9.56. The number of aromatic nitrogens is 1. The Kier molecular flexibility index (Phi) is 6.61. The van der Waals surface area contributed by atoms with Crippen LogP contribution in [0.5, 0.6) is 0 Å². The number of aliphatic hydroxyl groups excluding tert-OH is 2. The summed E-state index contributed by atoms with van der Waals surface area (Å²) < 4.78 is 14.7. The average Bonchev–Trinajstić information content (AvgIpc) is 2.73. The van der Waals surface area contributed by atoms with E-state index in [1.165, 1.54) is 42.2 Å². The molecule has 0 aliphatic carbocycles. The molecule has 0 spiro atoms. The fraction of sp³-hybridized carbons (Fsp3) is 0.381. The fourth-order valence-corrected chi connectivity index (χ4v) is 4.97. The molecule has 0 saturated heterocycles. The molecule has 1 aliphatic heterocycles. The molecular formula is C21H24ClFN4O3S. The van der Waals surface area contributed by atoms with Crippen molar-refractivity contribution in [2.24, 2.45) is 16.6 Å². The maximum absolute atomic E-state index is 15.4. The lowest BCUT2D eigenvalue weighted by Crippen LogP contribution is -2.50. The van der Waals surface area contributed by atoms with Crippen LogP contribution in [0.1, 0.15) is 42.4 Å². The maximum Gasteiger partial charge on any atom is 0.274 e. The van der Waals surface area contributed by atoms with Gasteiger partial charge in [0.1, 0.15) is 11.5 Å². The summed E-state index contributed by atoms with van der Waals surface area (Å²) in [5.74, 6) is -1.48. The second-order valence-electron chi connectivity index (χ2n) is 7.86. The van der Waals surface area contributed by atoms with Gasteiger partial charge in [-0.05, 0) is 38.1 Å². The molecule has 3 rings (SSSR count). The Bertz CT molecular complexity index is 1040. The third-order valence-electron chi connectivity index (χ3n) is 5.83. The highest BCUT2D eigenvalue weighted by molar-refractivity contribution is 8.15. The highest BCUT2D eigenvalue weighted by Gasteiger charge is 2.50. The minimum atomic E-state index is -1.14. The molecule has 0 bridgehead atoms. The molecule has 166 valence electrons. The number of aliphatic hydroxyl groups is 2. The number of halogens is 2. The number of nitrogens with two attached hydrogens (primary N) is 1. The predicted molar refractivity (Wildman–Crippen MR) is 121 cm³/mol. The molecule has 7 nitrogen and oxygen atoms in total. The lowest BCUT2D eigenvalue weighted by atomic mass is 9.73. The largest absolute Gasteiger partial charge is 0.395 e. The number of amidine groups is 1. The number of aliphatic imine (C=N–C) groups is 1. The first-order chi connectivity index (χ1) is 14.5. The first-order valence-corrected chi connectivity index (χ1v) is 10.8. The van der Waals surface area contributed by atoms with Gasteiger partial charge in [-0.25, -0.2) is 9.37 Å². The number of nitrogens with zero attached hydrogens (tertiary/aromatic N) is 2. The third-order valence-corrected chi connectivity index (χ3v) is 7.31. The summed E-state index contributed by atoms with van der Waals surface area (Å²) in [6.07, 6.45) is 1.35. The first kappa shape index (κ1) is 23.5. The molecule has 1 unspecified atom stereocenters. The molecule has 1 aromatic carbocycles. The van der Waals surface area contributed by atoms with Gasteiger partial charge < -0.3 is 21.3 Å². The van der Waals surface area contributed by atoms with E-state index >= 15 is 4.39 Å². The zero-order valence-electron chi connectivity index (χ0n) is 17.3. The van der Waals surface area contributed by atoms with E-state index in [9.17, 15) is 15.0 Å². The molecule has 1 aliphatic rings. The number of pyridine rings is 1. The Labute approximate surface area is 188 Å². The molecule has 0 fully saturated rings. The smallest absolute Gasteiger partial charge is 0.274 e. The van der Waals surface area contributed by atoms with E-state index in [4.69, 9.17) is 17.3 Å². The molecule has 1 aromatic heterocycles. The lowest BCUT2D eigenvalue weighted by Gasteiger charge is -2.46. The standard InChI is InChI=1S/C21H24ClFN4O3S/c1-11-20(2,10-29)31-19(24)27-21(11,3)15-7-14(6-12(9-28)17(15)23)26-18(30)16-5-4-13(22)8-25-16/h4-8,11,28-29H,9-10H2,1-3H3,(H2,24,27)(H,26,30)/t11?,20-,21+/m1/s1. The van der Waals surface area contributed by atoms with Gasteiger partial charge in [0.2, 0.25) is 0 Å². The highest BCUT2D eigenvalue weighted by Crippen LogP contribution is 2.50. The minimum Gasteiger partial charge on any atom is -0.395 e. The van der Waals surface area contributed by atoms with Crippen LogP contribution in [-0.4, -0.2) is 37.6 Å². The number of carbonyl (C=O) groups excluding carboxylic acids is 1. The molecule has 10 heteroatoms. The summed E-state index contributed by atoms with van der Waals surface area (Å²) in [5.41, 5.74) is 5.46. The lowest BCUT2D eigenvalue weighted by molar-refractivity contribution is 0.102. The zero-order chi connectivity index (χ0) is 23.0. The number of hydrogen-bond donors (Lipinski definition) is 4. The highest BCUT2D eigenvalue weighted by atomic mass is 35.5. The Hall–Kier alpha value is -2.20. The van der Waals surface area contributed by atoms with Gasteiger partial charge in [-0.2, -0.15) is 0 Å². The Morgan fingerprint density at radius 1 is 1.35 bits per heavy atom. The van der Waals surface area contributed by atoms with Crippen molar-refractivity contribution in [3.63, 3.8) is 0 Å². The fourth-order valence-electron chi connectivity index (χ4n) is 3.68. The molecule has 2 aromatic rings. The minimum absolute atomic E-state index is 0.00277. The molecule has 5 N–H and O–H groups in total. The van der Waals surface area contributed by atoms with Crippen LogP contribution >= 0.6 is 23.4 Å². The molecular weight excluding hydrogens is 443 g/mol. The van der Waals surface area contributed by atoms with Gasteiger partial charge >= 0.3 is 0 Å². The van der Waals surface area contributed by atoms with Gasteiger partial charge in [0.25, 0.3) is 5.91 Å². The summed E-state index contributed by atoms with van der Waals surface area (Å²) in [6, 6.07) is 5.84. The maximum atomic E-state index is 15.4. The molecule has 2 heterocycles. The second-order valence-corrected chi connectivity index (χ2v) is 9.85. The Morgan fingerprint density at radius 3 is 2.65 bits per heavy atom. The van der Waals surface area contributed by atoms with Crippen molar-refractivity contribution in [2.45, 2.75) is 37.7 Å². The molecule has 3 atom stereocenters. The second kappa shape index (κ2) is 8.74. The predicted octanol–water partition coefficient (Wildman–Crippen LogP) is 3.28. The van der Waals surface area contributed by atoms with Crippen LogP contribution < -0.4 is 11.1 Å². The van der Waals surface area contributed by atoms with Crippen LogP contribution in [0.4, 0.5) is 10.1 Å². The quantitative estimate of drug-likeness (QED) is 0.536. The van der Waals surface area contributed by atoms with Crippen LogP contribution in [0.3, 0.4) is 0 Å². The summed E-state index contributed by atoms with van der Waals surface area (Å²) in [5, 5.41) is 23.0. The number of rotatable bonds is 5. The summed E-state index contributed by atoms with van der Waals surface area (Å²) in [6.45, 7) is 4.67. The van der Waals surface area contributed by atoms with Crippen molar-refractivity contribution in [1.29, 1.82) is 0 Å². The van der Waals surface area contributed by atoms with Crippen molar-refractivity contribution >= 4 is 40.1 Å². The Balaban J connectivity index is 2.07. The van der Waals surface area contributed by atoms with Crippen molar-refractivity contribution in [3.05, 3.63) is 58.1 Å². The summed E-state index contributed by atoms with van der Waals surface area (Å²) >= 11 is 7.05. The van der Waals surface area contributed by atoms with E-state index < -0.39 is 28.6 Å². The normalized spacial score (nSPS) is 25.8. The van der Waals surface area contributed by atoms with Crippen molar-refractivity contribution in [3.8, 4) is 0 Å². The zero-order valence-corrected chi connectivity index (χ0v) is 18.9. The van der Waals surface area contributed by atoms with Crippen LogP contribution in [0.25, 0.3) is 0 Å². The van der Waals surface area contributed by atoms with Crippen molar-refractivity contribution in [2.75, 3.05) is 11.9 Å². The molecule has 0 radical (unpaired) electrons. The van der Waals surface area contributed by atoms with Crippen LogP contribution in [0.15, 0.2) is 35.5 Å². The van der Waals surface area contributed by atoms with Crippen molar-refractivity contribution in [1.82, 2.24) is 4.98 Å². The van der Waals surface area contributed by atoms with Gasteiger partial charge in [-0.3, -0.25) is 9.79 Å². The SMILES string of the molecule is CC1[C@@](C)(CO)SC(N)=N[C@]1(C)c1cc(NC(=O)c2ccc(Cl)cn2)cc(CO)c1F. The number of anilines is 1. The van der Waals surface area contributed by atoms with Crippen LogP contribution in [0, 0.1) is 11.7 Å². The van der Waals surface area contributed by atoms with Crippen LogP contribution in [0.2, 0.25) is 5.02 Å². The van der Waals surface area contributed by atoms with E-state index in [0.717, 1.165) is 0 Å². The van der Waals surface area contributed by atoms with Gasteiger partial charge in [0.15, 0.2) is 5.17 Å². The molecule has 31 heavy (non-hydrogen) atoms. The summed E-state index contributed by atoms with van der Waals surface area (Å²) in [7, 11) is 0. The van der Waals surface area contributed by atoms with E-state index in [0.29, 0.717) is 5.02 Å². The number of nitrogens with one attached hydrogen (secondary N) is 1. The number of thioether (sulfide) groups is 1. The molecule has 1 amide bonds. The van der Waals surface area contributed by atoms with Crippen molar-refractivity contribution < 1.29 is 19.4 Å². The van der Waals surface area contributed by atoms with Gasteiger partial charge in [-0.15, -0.1) is 0 Å². The topological polar surface area (TPSA) is 121 Å². The van der Waals surface area contributed by atoms with Gasteiger partial charge in [-0.1, -0.05) is 30.3 Å². The monoisotopic (exact) mass is 466 g/mol. The summed E-state index contributed by atoms with van der Waals surface area (Å²) in [4.78, 5) is 21.1. The number of hydrogen-bond acceptors (Lipinski definition) is 7. The average molecular weight is 467 g/mol. The van der Waals surface area contributed by atoms with E-state index in [2.05, 4.69) is 15.3 Å². The number of benzene rings is 1. The van der Waals surface area contributed by atoms with E-state index in [1.54, 1.807) is 6.92 Å². The third kappa shape index (κ3) is 4.41. The number of carbonyl (C=O) groups is 1. The van der Waals surface area contributed by atoms with E-state index in [1.807, 2.05) is 13.8 Å². The Morgan fingerprint density at radius 2 is 2.06 bits per heavy atom. The molecule has 0 saturated carbocycles. The van der Waals surface area contributed by atoms with E-state index in [-0.39, 0.29) is 40.2 Å².